The Bertz CT molecular complexity index is 205. The Hall–Kier alpha value is -0.790. The van der Waals surface area contributed by atoms with E-state index < -0.39 is 0 Å². The summed E-state index contributed by atoms with van der Waals surface area (Å²) >= 11 is 0. The number of ether oxygens (including phenoxy) is 1. The Morgan fingerprint density at radius 2 is 1.93 bits per heavy atom. The lowest BCUT2D eigenvalue weighted by Gasteiger charge is -2.06. The predicted molar refractivity (Wildman–Crippen MR) is 61.6 cm³/mol. The van der Waals surface area contributed by atoms with Gasteiger partial charge in [-0.1, -0.05) is 52.0 Å². The minimum Gasteiger partial charge on any atom is -0.461 e. The topological polar surface area (TPSA) is 26.3 Å². The van der Waals surface area contributed by atoms with Crippen LogP contribution in [0, 0.1) is 5.92 Å². The van der Waals surface area contributed by atoms with E-state index in [1.165, 1.54) is 32.1 Å². The van der Waals surface area contributed by atoms with E-state index >= 15 is 0 Å². The van der Waals surface area contributed by atoms with Gasteiger partial charge in [0, 0.05) is 0 Å². The van der Waals surface area contributed by atoms with E-state index in [1.807, 2.05) is 0 Å². The fourth-order valence-corrected chi connectivity index (χ4v) is 1.98. The summed E-state index contributed by atoms with van der Waals surface area (Å²) in [6.45, 7) is 6.53. The van der Waals surface area contributed by atoms with Crippen molar-refractivity contribution in [3.63, 3.8) is 0 Å². The third-order valence-corrected chi connectivity index (χ3v) is 3.02. The number of hydrogen-bond acceptors (Lipinski definition) is 2. The largest absolute Gasteiger partial charge is 0.461 e. The molecule has 1 aliphatic rings. The highest BCUT2D eigenvalue weighted by molar-refractivity contribution is 5.78. The molecule has 0 N–H and O–H groups in total. The van der Waals surface area contributed by atoms with Crippen molar-refractivity contribution in [2.75, 3.05) is 6.61 Å². The average Bonchev–Trinajstić information content (AvgIpc) is 2.54. The maximum atomic E-state index is 11.3. The van der Waals surface area contributed by atoms with Gasteiger partial charge in [0.2, 0.25) is 0 Å². The number of rotatable bonds is 7. The molecule has 0 aromatic heterocycles. The van der Waals surface area contributed by atoms with Crippen LogP contribution < -0.4 is 0 Å². The maximum absolute atomic E-state index is 11.3. The fourth-order valence-electron chi connectivity index (χ4n) is 1.98. The molecule has 0 aromatic carbocycles. The molecule has 1 saturated heterocycles. The normalized spacial score (nSPS) is 20.7. The van der Waals surface area contributed by atoms with Crippen molar-refractivity contribution >= 4 is 5.97 Å². The molecule has 1 fully saturated rings. The second-order valence-electron chi connectivity index (χ2n) is 4.37. The molecule has 86 valence electrons. The van der Waals surface area contributed by atoms with Gasteiger partial charge in [-0.3, -0.25) is 4.79 Å². The first-order valence-corrected chi connectivity index (χ1v) is 6.10. The van der Waals surface area contributed by atoms with Gasteiger partial charge in [0.15, 0.2) is 0 Å². The van der Waals surface area contributed by atoms with E-state index in [9.17, 15) is 4.79 Å². The number of carbonyl (C=O) groups excluding carboxylic acids is 1. The summed E-state index contributed by atoms with van der Waals surface area (Å²) in [7, 11) is 0. The fraction of sp³-hybridized carbons (Fsp3) is 0.769. The first-order chi connectivity index (χ1) is 7.25. The molecular formula is C13H22O2. The summed E-state index contributed by atoms with van der Waals surface area (Å²) in [6.07, 6.45) is 8.53. The number of esters is 1. The van der Waals surface area contributed by atoms with Crippen LogP contribution >= 0.6 is 0 Å². The SMILES string of the molecule is C=C1COC(=O)C1CCCCCCCC. The van der Waals surface area contributed by atoms with Crippen molar-refractivity contribution in [3.05, 3.63) is 12.2 Å². The minimum absolute atomic E-state index is 0.00354. The standard InChI is InChI=1S/C13H22O2/c1-3-4-5-6-7-8-9-12-11(2)10-15-13(12)14/h12H,2-10H2,1H3. The first kappa shape index (κ1) is 12.3. The molecule has 1 aliphatic heterocycles. The Balaban J connectivity index is 2.04. The van der Waals surface area contributed by atoms with Crippen LogP contribution in [0.15, 0.2) is 12.2 Å². The molecule has 0 aliphatic carbocycles. The van der Waals surface area contributed by atoms with Gasteiger partial charge in [0.25, 0.3) is 0 Å². The molecule has 2 nitrogen and oxygen atoms in total. The Morgan fingerprint density at radius 3 is 2.53 bits per heavy atom. The summed E-state index contributed by atoms with van der Waals surface area (Å²) in [6, 6.07) is 0. The van der Waals surface area contributed by atoms with Crippen LogP contribution in [0.25, 0.3) is 0 Å². The lowest BCUT2D eigenvalue weighted by Crippen LogP contribution is -2.08. The van der Waals surface area contributed by atoms with Crippen LogP contribution in [0.4, 0.5) is 0 Å². The zero-order chi connectivity index (χ0) is 11.1. The summed E-state index contributed by atoms with van der Waals surface area (Å²) < 4.78 is 4.93. The number of unbranched alkanes of at least 4 members (excludes halogenated alkanes) is 5. The summed E-state index contributed by atoms with van der Waals surface area (Å²) in [5.41, 5.74) is 0.966. The van der Waals surface area contributed by atoms with Crippen LogP contribution in [0.1, 0.15) is 51.9 Å². The first-order valence-electron chi connectivity index (χ1n) is 6.10. The lowest BCUT2D eigenvalue weighted by atomic mass is 9.96. The molecule has 0 saturated carbocycles. The smallest absolute Gasteiger partial charge is 0.313 e. The zero-order valence-corrected chi connectivity index (χ0v) is 9.76. The molecule has 0 bridgehead atoms. The van der Waals surface area contributed by atoms with Crippen molar-refractivity contribution in [1.82, 2.24) is 0 Å². The number of carbonyl (C=O) groups is 1. The Kier molecular flexibility index (Phi) is 5.44. The summed E-state index contributed by atoms with van der Waals surface area (Å²) in [5, 5.41) is 0. The molecular weight excluding hydrogens is 188 g/mol. The van der Waals surface area contributed by atoms with Gasteiger partial charge >= 0.3 is 5.97 Å². The van der Waals surface area contributed by atoms with Gasteiger partial charge in [0.05, 0.1) is 5.92 Å². The molecule has 1 unspecified atom stereocenters. The highest BCUT2D eigenvalue weighted by atomic mass is 16.5. The number of cyclic esters (lactones) is 1. The van der Waals surface area contributed by atoms with Gasteiger partial charge in [-0.15, -0.1) is 0 Å². The zero-order valence-electron chi connectivity index (χ0n) is 9.76. The highest BCUT2D eigenvalue weighted by Crippen LogP contribution is 2.25. The third-order valence-electron chi connectivity index (χ3n) is 3.02. The van der Waals surface area contributed by atoms with Gasteiger partial charge in [0.1, 0.15) is 6.61 Å². The van der Waals surface area contributed by atoms with Crippen molar-refractivity contribution in [2.45, 2.75) is 51.9 Å². The molecule has 1 atom stereocenters. The molecule has 1 rings (SSSR count). The van der Waals surface area contributed by atoms with E-state index in [2.05, 4.69) is 13.5 Å². The van der Waals surface area contributed by atoms with Crippen LogP contribution in [-0.2, 0) is 9.53 Å². The van der Waals surface area contributed by atoms with Gasteiger partial charge in [-0.25, -0.2) is 0 Å². The second-order valence-corrected chi connectivity index (χ2v) is 4.37. The quantitative estimate of drug-likeness (QED) is 0.365. The Labute approximate surface area is 92.7 Å². The third kappa shape index (κ3) is 4.06. The van der Waals surface area contributed by atoms with Gasteiger partial charge in [-0.2, -0.15) is 0 Å². The Morgan fingerprint density at radius 1 is 1.27 bits per heavy atom. The second kappa shape index (κ2) is 6.65. The van der Waals surface area contributed by atoms with Crippen molar-refractivity contribution < 1.29 is 9.53 Å². The van der Waals surface area contributed by atoms with Crippen LogP contribution in [-0.4, -0.2) is 12.6 Å². The van der Waals surface area contributed by atoms with E-state index in [-0.39, 0.29) is 11.9 Å². The molecule has 15 heavy (non-hydrogen) atoms. The van der Waals surface area contributed by atoms with Crippen LogP contribution in [0.3, 0.4) is 0 Å². The van der Waals surface area contributed by atoms with Crippen molar-refractivity contribution in [3.8, 4) is 0 Å². The molecule has 0 spiro atoms. The minimum atomic E-state index is -0.0615. The molecule has 1 heterocycles. The monoisotopic (exact) mass is 210 g/mol. The molecule has 0 radical (unpaired) electrons. The van der Waals surface area contributed by atoms with Gasteiger partial charge in [-0.05, 0) is 12.0 Å². The van der Waals surface area contributed by atoms with E-state index in [0.717, 1.165) is 18.4 Å². The number of hydrogen-bond donors (Lipinski definition) is 0. The molecule has 2 heteroatoms. The molecule has 0 aromatic rings. The molecule has 0 amide bonds. The lowest BCUT2D eigenvalue weighted by molar-refractivity contribution is -0.141. The average molecular weight is 210 g/mol. The van der Waals surface area contributed by atoms with Crippen LogP contribution in [0.2, 0.25) is 0 Å². The highest BCUT2D eigenvalue weighted by Gasteiger charge is 2.29. The van der Waals surface area contributed by atoms with Crippen molar-refractivity contribution in [2.24, 2.45) is 5.92 Å². The van der Waals surface area contributed by atoms with Crippen LogP contribution in [0.5, 0.6) is 0 Å². The maximum Gasteiger partial charge on any atom is 0.313 e. The van der Waals surface area contributed by atoms with Crippen molar-refractivity contribution in [1.29, 1.82) is 0 Å². The van der Waals surface area contributed by atoms with E-state index in [0.29, 0.717) is 6.61 Å². The summed E-state index contributed by atoms with van der Waals surface area (Å²) in [4.78, 5) is 11.3. The van der Waals surface area contributed by atoms with E-state index in [4.69, 9.17) is 4.74 Å². The summed E-state index contributed by atoms with van der Waals surface area (Å²) in [5.74, 6) is -0.0651. The van der Waals surface area contributed by atoms with E-state index in [1.54, 1.807) is 0 Å². The predicted octanol–water partition coefficient (Wildman–Crippen LogP) is 3.47. The van der Waals surface area contributed by atoms with Gasteiger partial charge < -0.3 is 4.74 Å².